The second kappa shape index (κ2) is 5.22. The van der Waals surface area contributed by atoms with Crippen molar-refractivity contribution in [3.05, 3.63) is 46.9 Å². The molecule has 0 bridgehead atoms. The number of aromatic nitrogens is 1. The molecule has 1 aliphatic rings. The van der Waals surface area contributed by atoms with Crippen molar-refractivity contribution >= 4 is 11.6 Å². The van der Waals surface area contributed by atoms with Crippen LogP contribution in [0.1, 0.15) is 5.56 Å². The lowest BCUT2D eigenvalue weighted by atomic mass is 9.85. The summed E-state index contributed by atoms with van der Waals surface area (Å²) in [7, 11) is 0. The van der Waals surface area contributed by atoms with E-state index < -0.39 is 18.8 Å². The largest absolute Gasteiger partial charge is 0.490 e. The molecule has 0 spiro atoms. The van der Waals surface area contributed by atoms with Gasteiger partial charge in [0.2, 0.25) is 0 Å². The zero-order valence-corrected chi connectivity index (χ0v) is 11.6. The molecule has 0 amide bonds. The Morgan fingerprint density at radius 1 is 1.19 bits per heavy atom. The average Bonchev–Trinajstić information content (AvgIpc) is 2.86. The van der Waals surface area contributed by atoms with E-state index in [1.165, 1.54) is 30.3 Å². The predicted molar refractivity (Wildman–Crippen MR) is 73.8 cm³/mol. The number of nitrogens with zero attached hydrogens (tertiary/aromatic N) is 1. The molecule has 1 aromatic heterocycles. The maximum Gasteiger partial charge on any atom is 0.149 e. The maximum absolute atomic E-state index is 13.3. The second-order valence-electron chi connectivity index (χ2n) is 5.01. The number of ether oxygens (including phenoxy) is 1. The number of hydrogen-bond acceptors (Lipinski definition) is 2. The molecule has 1 aliphatic heterocycles. The molecule has 2 nitrogen and oxygen atoms in total. The minimum Gasteiger partial charge on any atom is -0.490 e. The van der Waals surface area contributed by atoms with E-state index in [1.54, 1.807) is 0 Å². The number of benzene rings is 1. The van der Waals surface area contributed by atoms with Crippen molar-refractivity contribution < 1.29 is 17.9 Å². The van der Waals surface area contributed by atoms with Gasteiger partial charge < -0.3 is 4.74 Å². The number of rotatable bonds is 3. The van der Waals surface area contributed by atoms with Crippen molar-refractivity contribution in [3.63, 3.8) is 0 Å². The van der Waals surface area contributed by atoms with Crippen LogP contribution in [0, 0.1) is 5.82 Å². The van der Waals surface area contributed by atoms with E-state index in [0.717, 1.165) is 0 Å². The fourth-order valence-electron chi connectivity index (χ4n) is 2.39. The van der Waals surface area contributed by atoms with Crippen LogP contribution in [-0.2, 0) is 5.41 Å². The van der Waals surface area contributed by atoms with Crippen molar-refractivity contribution in [1.29, 1.82) is 0 Å². The highest BCUT2D eigenvalue weighted by molar-refractivity contribution is 6.29. The Labute approximate surface area is 124 Å². The van der Waals surface area contributed by atoms with E-state index in [9.17, 15) is 13.2 Å². The van der Waals surface area contributed by atoms with Gasteiger partial charge in [-0.25, -0.2) is 18.2 Å². The number of hydrogen-bond donors (Lipinski definition) is 0. The summed E-state index contributed by atoms with van der Waals surface area (Å²) in [6.45, 7) is -1.88. The third-order valence-electron chi connectivity index (χ3n) is 3.64. The first-order chi connectivity index (χ1) is 10.1. The molecular formula is C15H11ClF3NO. The summed E-state index contributed by atoms with van der Waals surface area (Å²) in [4.78, 5) is 4.15. The van der Waals surface area contributed by atoms with Crippen LogP contribution >= 0.6 is 11.6 Å². The fourth-order valence-corrected chi connectivity index (χ4v) is 2.58. The number of pyridine rings is 1. The van der Waals surface area contributed by atoms with E-state index in [4.69, 9.17) is 16.3 Å². The molecule has 0 N–H and O–H groups in total. The van der Waals surface area contributed by atoms with Crippen LogP contribution in [0.15, 0.2) is 30.3 Å². The topological polar surface area (TPSA) is 22.1 Å². The summed E-state index contributed by atoms with van der Waals surface area (Å²) in [6.07, 6.45) is 0. The quantitative estimate of drug-likeness (QED) is 0.796. The van der Waals surface area contributed by atoms with Crippen LogP contribution < -0.4 is 4.74 Å². The van der Waals surface area contributed by atoms with Gasteiger partial charge in [0.15, 0.2) is 0 Å². The first-order valence-electron chi connectivity index (χ1n) is 6.31. The first kappa shape index (κ1) is 14.2. The lowest BCUT2D eigenvalue weighted by Gasteiger charge is -2.19. The zero-order chi connectivity index (χ0) is 15.0. The number of halogens is 4. The van der Waals surface area contributed by atoms with Gasteiger partial charge in [0.1, 0.15) is 42.4 Å². The molecule has 0 radical (unpaired) electrons. The summed E-state index contributed by atoms with van der Waals surface area (Å²) >= 11 is 5.97. The van der Waals surface area contributed by atoms with Gasteiger partial charge in [-0.1, -0.05) is 11.6 Å². The minimum absolute atomic E-state index is 0.106. The van der Waals surface area contributed by atoms with E-state index >= 15 is 0 Å². The molecule has 21 heavy (non-hydrogen) atoms. The molecule has 110 valence electrons. The van der Waals surface area contributed by atoms with E-state index in [0.29, 0.717) is 22.6 Å². The molecule has 0 saturated heterocycles. The van der Waals surface area contributed by atoms with Crippen LogP contribution in [0.25, 0.3) is 11.3 Å². The Kier molecular flexibility index (Phi) is 3.53. The summed E-state index contributed by atoms with van der Waals surface area (Å²) in [5.74, 6) is -0.0819. The summed E-state index contributed by atoms with van der Waals surface area (Å²) in [6, 6.07) is 7.01. The van der Waals surface area contributed by atoms with Crippen LogP contribution in [0.4, 0.5) is 13.2 Å². The molecule has 2 aromatic rings. The van der Waals surface area contributed by atoms with Crippen molar-refractivity contribution in [2.45, 2.75) is 5.41 Å². The number of alkyl halides is 2. The van der Waals surface area contributed by atoms with Crippen molar-refractivity contribution in [1.82, 2.24) is 4.98 Å². The van der Waals surface area contributed by atoms with Crippen LogP contribution in [0.3, 0.4) is 0 Å². The standard InChI is InChI=1S/C15H11ClF3NO/c16-12-5-11-14(21-8-15(11,6-17)7-18)13(20-12)9-1-3-10(19)4-2-9/h1-5H,6-8H2. The fraction of sp³-hybridized carbons (Fsp3) is 0.267. The van der Waals surface area contributed by atoms with Gasteiger partial charge in [-0.2, -0.15) is 0 Å². The Balaban J connectivity index is 2.19. The highest BCUT2D eigenvalue weighted by atomic mass is 35.5. The third kappa shape index (κ3) is 2.25. The lowest BCUT2D eigenvalue weighted by Crippen LogP contribution is -2.33. The first-order valence-corrected chi connectivity index (χ1v) is 6.69. The van der Waals surface area contributed by atoms with Crippen molar-refractivity contribution in [2.24, 2.45) is 0 Å². The Morgan fingerprint density at radius 3 is 2.48 bits per heavy atom. The zero-order valence-electron chi connectivity index (χ0n) is 10.9. The molecule has 1 aromatic carbocycles. The average molecular weight is 314 g/mol. The molecule has 6 heteroatoms. The summed E-state index contributed by atoms with van der Waals surface area (Å²) < 4.78 is 45.1. The molecule has 0 unspecified atom stereocenters. The van der Waals surface area contributed by atoms with Crippen LogP contribution in [-0.4, -0.2) is 24.9 Å². The van der Waals surface area contributed by atoms with Crippen LogP contribution in [0.5, 0.6) is 5.75 Å². The lowest BCUT2D eigenvalue weighted by molar-refractivity contribution is 0.185. The second-order valence-corrected chi connectivity index (χ2v) is 5.40. The van der Waals surface area contributed by atoms with Crippen molar-refractivity contribution in [2.75, 3.05) is 20.0 Å². The monoisotopic (exact) mass is 313 g/mol. The molecule has 0 saturated carbocycles. The van der Waals surface area contributed by atoms with Gasteiger partial charge >= 0.3 is 0 Å². The Bertz CT molecular complexity index is 671. The highest BCUT2D eigenvalue weighted by Gasteiger charge is 2.43. The van der Waals surface area contributed by atoms with Gasteiger partial charge in [0, 0.05) is 11.1 Å². The van der Waals surface area contributed by atoms with Gasteiger partial charge in [-0.15, -0.1) is 0 Å². The molecule has 2 heterocycles. The van der Waals surface area contributed by atoms with E-state index in [2.05, 4.69) is 4.98 Å². The van der Waals surface area contributed by atoms with Gasteiger partial charge in [-0.05, 0) is 30.3 Å². The third-order valence-corrected chi connectivity index (χ3v) is 3.83. The Morgan fingerprint density at radius 2 is 1.86 bits per heavy atom. The molecule has 0 atom stereocenters. The molecule has 0 fully saturated rings. The highest BCUT2D eigenvalue weighted by Crippen LogP contribution is 2.45. The normalized spacial score (nSPS) is 15.6. The number of fused-ring (bicyclic) bond motifs is 1. The van der Waals surface area contributed by atoms with Gasteiger partial charge in [0.05, 0.1) is 5.41 Å². The van der Waals surface area contributed by atoms with Crippen LogP contribution in [0.2, 0.25) is 5.15 Å². The van der Waals surface area contributed by atoms with E-state index in [-0.39, 0.29) is 17.6 Å². The SMILES string of the molecule is FCC1(CF)COc2c1cc(Cl)nc2-c1ccc(F)cc1. The van der Waals surface area contributed by atoms with E-state index in [1.807, 2.05) is 0 Å². The van der Waals surface area contributed by atoms with Crippen molar-refractivity contribution in [3.8, 4) is 17.0 Å². The Hall–Kier alpha value is -1.75. The summed E-state index contributed by atoms with van der Waals surface area (Å²) in [5.41, 5.74) is -0.0341. The molecule has 3 rings (SSSR count). The summed E-state index contributed by atoms with van der Waals surface area (Å²) in [5, 5.41) is 0.116. The van der Waals surface area contributed by atoms with Gasteiger partial charge in [-0.3, -0.25) is 0 Å². The smallest absolute Gasteiger partial charge is 0.149 e. The minimum atomic E-state index is -1.34. The molecule has 0 aliphatic carbocycles. The predicted octanol–water partition coefficient (Wildman–Crippen LogP) is 4.11. The molecular weight excluding hydrogens is 303 g/mol. The van der Waals surface area contributed by atoms with Gasteiger partial charge in [0.25, 0.3) is 0 Å². The maximum atomic E-state index is 13.3.